The molecule has 0 unspecified atom stereocenters. The molecule has 1 saturated heterocycles. The molecule has 1 aliphatic rings. The number of nitrogens with zero attached hydrogens (tertiary/aromatic N) is 4. The van der Waals surface area contributed by atoms with Crippen molar-refractivity contribution < 1.29 is 22.0 Å². The number of aromatic nitrogens is 2. The van der Waals surface area contributed by atoms with Crippen LogP contribution in [0, 0.1) is 11.6 Å². The van der Waals surface area contributed by atoms with Crippen molar-refractivity contribution in [2.45, 2.75) is 11.4 Å². The second-order valence-corrected chi connectivity index (χ2v) is 9.02. The van der Waals surface area contributed by atoms with Gasteiger partial charge in [0, 0.05) is 32.2 Å². The van der Waals surface area contributed by atoms with E-state index >= 15 is 0 Å². The van der Waals surface area contributed by atoms with E-state index in [2.05, 4.69) is 4.98 Å². The van der Waals surface area contributed by atoms with Gasteiger partial charge in [0.15, 0.2) is 0 Å². The molecule has 2 heterocycles. The van der Waals surface area contributed by atoms with Crippen LogP contribution in [0.25, 0.3) is 10.9 Å². The van der Waals surface area contributed by atoms with E-state index < -0.39 is 27.2 Å². The first-order valence-electron chi connectivity index (χ1n) is 9.44. The molecule has 31 heavy (non-hydrogen) atoms. The Morgan fingerprint density at radius 2 is 1.61 bits per heavy atom. The number of piperazine rings is 1. The van der Waals surface area contributed by atoms with Crippen molar-refractivity contribution in [2.75, 3.05) is 26.2 Å². The highest BCUT2D eigenvalue weighted by Crippen LogP contribution is 2.18. The summed E-state index contributed by atoms with van der Waals surface area (Å²) in [5.41, 5.74) is -0.260. The summed E-state index contributed by atoms with van der Waals surface area (Å²) in [5, 5.41) is 0.201. The second kappa shape index (κ2) is 8.16. The summed E-state index contributed by atoms with van der Waals surface area (Å²) in [6.07, 6.45) is 1.19. The minimum Gasteiger partial charge on any atom is -0.338 e. The highest BCUT2D eigenvalue weighted by Gasteiger charge is 2.30. The predicted octanol–water partition coefficient (Wildman–Crippen LogP) is 1.21. The van der Waals surface area contributed by atoms with E-state index in [4.69, 9.17) is 0 Å². The third kappa shape index (κ3) is 4.19. The molecule has 162 valence electrons. The lowest BCUT2D eigenvalue weighted by molar-refractivity contribution is -0.133. The van der Waals surface area contributed by atoms with Crippen LogP contribution in [0.5, 0.6) is 0 Å². The number of rotatable bonds is 4. The number of benzene rings is 2. The smallest absolute Gasteiger partial charge is 0.261 e. The van der Waals surface area contributed by atoms with Crippen molar-refractivity contribution in [3.8, 4) is 0 Å². The van der Waals surface area contributed by atoms with E-state index in [-0.39, 0.29) is 54.4 Å². The van der Waals surface area contributed by atoms with Crippen LogP contribution in [0.4, 0.5) is 8.78 Å². The molecule has 11 heteroatoms. The van der Waals surface area contributed by atoms with Crippen LogP contribution < -0.4 is 5.56 Å². The van der Waals surface area contributed by atoms with Crippen molar-refractivity contribution in [3.05, 3.63) is 70.8 Å². The maximum absolute atomic E-state index is 13.3. The number of halogens is 2. The SMILES string of the molecule is O=C(Cn1cnc2cc(F)ccc2c1=O)N1CCN(S(=O)(=O)c2ccc(F)cc2)CC1. The lowest BCUT2D eigenvalue weighted by Gasteiger charge is -2.34. The van der Waals surface area contributed by atoms with Gasteiger partial charge < -0.3 is 4.90 Å². The van der Waals surface area contributed by atoms with Crippen molar-refractivity contribution in [1.29, 1.82) is 0 Å². The number of sulfonamides is 1. The molecular formula is C20H18F2N4O4S. The summed E-state index contributed by atoms with van der Waals surface area (Å²) in [6.45, 7) is 0.204. The lowest BCUT2D eigenvalue weighted by Crippen LogP contribution is -2.51. The van der Waals surface area contributed by atoms with Crippen LogP contribution in [0.15, 0.2) is 58.5 Å². The van der Waals surface area contributed by atoms with Gasteiger partial charge in [-0.05, 0) is 36.4 Å². The van der Waals surface area contributed by atoms with E-state index in [1.54, 1.807) is 0 Å². The molecule has 0 N–H and O–H groups in total. The van der Waals surface area contributed by atoms with E-state index in [1.807, 2.05) is 0 Å². The van der Waals surface area contributed by atoms with E-state index in [9.17, 15) is 26.8 Å². The Balaban J connectivity index is 1.43. The zero-order chi connectivity index (χ0) is 22.2. The van der Waals surface area contributed by atoms with Gasteiger partial charge in [-0.25, -0.2) is 22.2 Å². The summed E-state index contributed by atoms with van der Waals surface area (Å²) in [5.74, 6) is -1.40. The molecule has 4 rings (SSSR count). The Morgan fingerprint density at radius 3 is 2.29 bits per heavy atom. The average molecular weight is 448 g/mol. The van der Waals surface area contributed by atoms with Crippen LogP contribution in [0.3, 0.4) is 0 Å². The molecule has 1 aromatic heterocycles. The van der Waals surface area contributed by atoms with Crippen molar-refractivity contribution >= 4 is 26.8 Å². The van der Waals surface area contributed by atoms with Gasteiger partial charge in [-0.1, -0.05) is 0 Å². The number of fused-ring (bicyclic) bond motifs is 1. The first-order valence-corrected chi connectivity index (χ1v) is 10.9. The Hall–Kier alpha value is -3.18. The summed E-state index contributed by atoms with van der Waals surface area (Å²) >= 11 is 0. The maximum Gasteiger partial charge on any atom is 0.261 e. The van der Waals surface area contributed by atoms with Gasteiger partial charge in [-0.15, -0.1) is 0 Å². The summed E-state index contributed by atoms with van der Waals surface area (Å²) in [4.78, 5) is 30.7. The number of carbonyl (C=O) groups is 1. The first kappa shape index (κ1) is 21.1. The maximum atomic E-state index is 13.3. The molecule has 0 radical (unpaired) electrons. The Kier molecular flexibility index (Phi) is 5.54. The molecule has 0 bridgehead atoms. The summed E-state index contributed by atoms with van der Waals surface area (Å²) in [7, 11) is -3.79. The van der Waals surface area contributed by atoms with Crippen molar-refractivity contribution in [1.82, 2.24) is 18.8 Å². The van der Waals surface area contributed by atoms with Crippen LogP contribution >= 0.6 is 0 Å². The van der Waals surface area contributed by atoms with Gasteiger partial charge in [-0.3, -0.25) is 14.2 Å². The lowest BCUT2D eigenvalue weighted by atomic mass is 10.2. The normalized spacial score (nSPS) is 15.4. The quantitative estimate of drug-likeness (QED) is 0.598. The van der Waals surface area contributed by atoms with E-state index in [0.29, 0.717) is 0 Å². The number of amides is 1. The first-order chi connectivity index (χ1) is 14.8. The number of hydrogen-bond acceptors (Lipinski definition) is 5. The Bertz CT molecular complexity index is 1300. The molecule has 0 saturated carbocycles. The monoisotopic (exact) mass is 448 g/mol. The predicted molar refractivity (Wildman–Crippen MR) is 108 cm³/mol. The molecule has 1 fully saturated rings. The van der Waals surface area contributed by atoms with Crippen LogP contribution in [-0.2, 0) is 21.4 Å². The largest absolute Gasteiger partial charge is 0.338 e. The molecule has 3 aromatic rings. The highest BCUT2D eigenvalue weighted by molar-refractivity contribution is 7.89. The van der Waals surface area contributed by atoms with Crippen molar-refractivity contribution in [2.24, 2.45) is 0 Å². The third-order valence-electron chi connectivity index (χ3n) is 5.14. The minimum atomic E-state index is -3.79. The fraction of sp³-hybridized carbons (Fsp3) is 0.250. The molecular weight excluding hydrogens is 430 g/mol. The van der Waals surface area contributed by atoms with Gasteiger partial charge in [0.05, 0.1) is 22.1 Å². The van der Waals surface area contributed by atoms with Gasteiger partial charge in [-0.2, -0.15) is 4.31 Å². The fourth-order valence-corrected chi connectivity index (χ4v) is 4.85. The molecule has 1 aliphatic heterocycles. The number of carbonyl (C=O) groups excluding carboxylic acids is 1. The van der Waals surface area contributed by atoms with Gasteiger partial charge in [0.2, 0.25) is 15.9 Å². The molecule has 1 amide bonds. The standard InChI is InChI=1S/C20H18F2N4O4S/c21-14-1-4-16(5-2-14)31(29,30)26-9-7-24(8-10-26)19(27)12-25-13-23-18-11-15(22)3-6-17(18)20(25)28/h1-6,11,13H,7-10,12H2. The Morgan fingerprint density at radius 1 is 0.968 bits per heavy atom. The summed E-state index contributed by atoms with van der Waals surface area (Å²) in [6, 6.07) is 8.18. The topological polar surface area (TPSA) is 92.6 Å². The average Bonchev–Trinajstić information content (AvgIpc) is 2.76. The molecule has 0 spiro atoms. The van der Waals surface area contributed by atoms with Crippen molar-refractivity contribution in [3.63, 3.8) is 0 Å². The minimum absolute atomic E-state index is 0.0149. The van der Waals surface area contributed by atoms with Crippen LogP contribution in [0.2, 0.25) is 0 Å². The van der Waals surface area contributed by atoms with Gasteiger partial charge in [0.1, 0.15) is 18.2 Å². The molecule has 0 aliphatic carbocycles. The third-order valence-corrected chi connectivity index (χ3v) is 7.05. The summed E-state index contributed by atoms with van der Waals surface area (Å²) < 4.78 is 54.1. The molecule has 0 atom stereocenters. The zero-order valence-corrected chi connectivity index (χ0v) is 17.1. The zero-order valence-electron chi connectivity index (χ0n) is 16.2. The van der Waals surface area contributed by atoms with Crippen LogP contribution in [0.1, 0.15) is 0 Å². The highest BCUT2D eigenvalue weighted by atomic mass is 32.2. The van der Waals surface area contributed by atoms with Gasteiger partial charge in [0.25, 0.3) is 5.56 Å². The van der Waals surface area contributed by atoms with Gasteiger partial charge >= 0.3 is 0 Å². The van der Waals surface area contributed by atoms with Crippen LogP contribution in [-0.4, -0.2) is 59.3 Å². The fourth-order valence-electron chi connectivity index (χ4n) is 3.42. The molecule has 2 aromatic carbocycles. The Labute approximate surface area is 176 Å². The van der Waals surface area contributed by atoms with E-state index in [1.165, 1.54) is 33.7 Å². The molecule has 8 nitrogen and oxygen atoms in total. The number of hydrogen-bond donors (Lipinski definition) is 0. The second-order valence-electron chi connectivity index (χ2n) is 7.08. The van der Waals surface area contributed by atoms with E-state index in [0.717, 1.165) is 28.8 Å².